The van der Waals surface area contributed by atoms with Crippen molar-refractivity contribution in [3.63, 3.8) is 0 Å². The molecule has 0 atom stereocenters. The van der Waals surface area contributed by atoms with Crippen LogP contribution in [0.4, 0.5) is 5.00 Å². The van der Waals surface area contributed by atoms with E-state index in [1.807, 2.05) is 54.6 Å². The van der Waals surface area contributed by atoms with Crippen molar-refractivity contribution in [3.8, 4) is 0 Å². The normalized spacial score (nSPS) is 10.7. The van der Waals surface area contributed by atoms with Crippen LogP contribution in [0.1, 0.15) is 25.7 Å². The number of hydrogen-bond donors (Lipinski definition) is 2. The molecule has 134 valence electrons. The van der Waals surface area contributed by atoms with E-state index in [4.69, 9.17) is 0 Å². The molecule has 2 heterocycles. The molecule has 5 nitrogen and oxygen atoms in total. The third-order valence-corrected chi connectivity index (χ3v) is 5.79. The lowest BCUT2D eigenvalue weighted by Crippen LogP contribution is -2.24. The minimum atomic E-state index is -0.309. The minimum Gasteiger partial charge on any atom is -0.348 e. The van der Waals surface area contributed by atoms with Crippen LogP contribution in [0.15, 0.2) is 66.0 Å². The summed E-state index contributed by atoms with van der Waals surface area (Å²) < 4.78 is 0.953. The van der Waals surface area contributed by atoms with Gasteiger partial charge in [-0.25, -0.2) is 4.98 Å². The summed E-state index contributed by atoms with van der Waals surface area (Å²) >= 11 is 2.64. The van der Waals surface area contributed by atoms with E-state index in [1.165, 1.54) is 22.7 Å². The van der Waals surface area contributed by atoms with Gasteiger partial charge in [0.15, 0.2) is 5.01 Å². The maximum Gasteiger partial charge on any atom is 0.285 e. The summed E-state index contributed by atoms with van der Waals surface area (Å²) in [5.41, 5.74) is 2.26. The average molecular weight is 393 g/mol. The summed E-state index contributed by atoms with van der Waals surface area (Å²) in [6.45, 7) is 0.431. The van der Waals surface area contributed by atoms with Crippen molar-refractivity contribution in [2.24, 2.45) is 0 Å². The first-order valence-electron chi connectivity index (χ1n) is 8.27. The first kappa shape index (κ1) is 17.4. The average Bonchev–Trinajstić information content (AvgIpc) is 3.33. The fourth-order valence-corrected chi connectivity index (χ4v) is 4.22. The van der Waals surface area contributed by atoms with Crippen molar-refractivity contribution in [3.05, 3.63) is 82.2 Å². The van der Waals surface area contributed by atoms with Gasteiger partial charge < -0.3 is 10.6 Å². The highest BCUT2D eigenvalue weighted by molar-refractivity contribution is 7.20. The number of aromatic nitrogens is 1. The van der Waals surface area contributed by atoms with Crippen LogP contribution in [0.2, 0.25) is 0 Å². The molecule has 0 aliphatic rings. The number of fused-ring (bicyclic) bond motifs is 1. The van der Waals surface area contributed by atoms with Crippen molar-refractivity contribution in [2.75, 3.05) is 5.32 Å². The Balaban J connectivity index is 1.46. The first-order valence-corrected chi connectivity index (χ1v) is 9.97. The summed E-state index contributed by atoms with van der Waals surface area (Å²) in [6, 6.07) is 19.0. The molecule has 2 N–H and O–H groups in total. The molecule has 0 fully saturated rings. The van der Waals surface area contributed by atoms with E-state index in [2.05, 4.69) is 15.6 Å². The summed E-state index contributed by atoms with van der Waals surface area (Å²) in [5.74, 6) is -0.532. The molecule has 0 aliphatic carbocycles. The van der Waals surface area contributed by atoms with Crippen LogP contribution in [0, 0.1) is 0 Å². The lowest BCUT2D eigenvalue weighted by molar-refractivity contribution is 0.0952. The molecule has 0 spiro atoms. The molecule has 0 unspecified atom stereocenters. The minimum absolute atomic E-state index is 0.222. The SMILES string of the molecule is O=C(Nc1sccc1C(=O)NCc1ccccc1)c1nc2ccccc2s1. The molecular weight excluding hydrogens is 378 g/mol. The van der Waals surface area contributed by atoms with Crippen LogP contribution in [0.5, 0.6) is 0 Å². The molecule has 0 saturated heterocycles. The summed E-state index contributed by atoms with van der Waals surface area (Å²) in [6.07, 6.45) is 0. The lowest BCUT2D eigenvalue weighted by Gasteiger charge is -2.07. The summed E-state index contributed by atoms with van der Waals surface area (Å²) in [5, 5.41) is 8.37. The van der Waals surface area contributed by atoms with Gasteiger partial charge in [-0.1, -0.05) is 42.5 Å². The number of nitrogens with one attached hydrogen (secondary N) is 2. The van der Waals surface area contributed by atoms with Crippen molar-refractivity contribution in [1.82, 2.24) is 10.3 Å². The number of carbonyl (C=O) groups is 2. The smallest absolute Gasteiger partial charge is 0.285 e. The summed E-state index contributed by atoms with van der Waals surface area (Å²) in [7, 11) is 0. The largest absolute Gasteiger partial charge is 0.348 e. The van der Waals surface area contributed by atoms with Crippen LogP contribution >= 0.6 is 22.7 Å². The van der Waals surface area contributed by atoms with Crippen molar-refractivity contribution >= 4 is 49.7 Å². The second kappa shape index (κ2) is 7.69. The maximum absolute atomic E-state index is 12.5. The van der Waals surface area contributed by atoms with Gasteiger partial charge in [0, 0.05) is 6.54 Å². The molecule has 7 heteroatoms. The van der Waals surface area contributed by atoms with Gasteiger partial charge in [0.1, 0.15) is 5.00 Å². The van der Waals surface area contributed by atoms with E-state index in [1.54, 1.807) is 11.4 Å². The molecule has 4 aromatic rings. The zero-order chi connectivity index (χ0) is 18.6. The molecule has 2 aromatic heterocycles. The molecule has 2 amide bonds. The number of thiophene rings is 1. The fraction of sp³-hybridized carbons (Fsp3) is 0.0500. The third-order valence-electron chi connectivity index (χ3n) is 3.92. The van der Waals surface area contributed by atoms with Crippen molar-refractivity contribution < 1.29 is 9.59 Å². The van der Waals surface area contributed by atoms with Crippen LogP contribution in [0.3, 0.4) is 0 Å². The predicted octanol–water partition coefficient (Wildman–Crippen LogP) is 4.54. The van der Waals surface area contributed by atoms with Crippen molar-refractivity contribution in [1.29, 1.82) is 0 Å². The standard InChI is InChI=1S/C20H15N3O2S2/c24-17(21-12-13-6-2-1-3-7-13)14-10-11-26-19(14)23-18(25)20-22-15-8-4-5-9-16(15)27-20/h1-11H,12H2,(H,21,24)(H,23,25). The van der Waals surface area contributed by atoms with E-state index in [9.17, 15) is 9.59 Å². The van der Waals surface area contributed by atoms with Crippen LogP contribution in [0.25, 0.3) is 10.2 Å². The number of para-hydroxylation sites is 1. The molecule has 0 saturated carbocycles. The van der Waals surface area contributed by atoms with E-state index in [0.717, 1.165) is 15.8 Å². The number of rotatable bonds is 5. The van der Waals surface area contributed by atoms with Gasteiger partial charge in [-0.15, -0.1) is 22.7 Å². The van der Waals surface area contributed by atoms with Gasteiger partial charge in [-0.2, -0.15) is 0 Å². The van der Waals surface area contributed by atoms with E-state index in [-0.39, 0.29) is 11.8 Å². The van der Waals surface area contributed by atoms with Gasteiger partial charge in [0.05, 0.1) is 15.8 Å². The fourth-order valence-electron chi connectivity index (χ4n) is 2.58. The van der Waals surface area contributed by atoms with Gasteiger partial charge in [-0.3, -0.25) is 9.59 Å². The third kappa shape index (κ3) is 3.89. The Morgan fingerprint density at radius 3 is 2.52 bits per heavy atom. The Kier molecular flexibility index (Phi) is 4.95. The Morgan fingerprint density at radius 1 is 0.926 bits per heavy atom. The highest BCUT2D eigenvalue weighted by atomic mass is 32.1. The number of nitrogens with zero attached hydrogens (tertiary/aromatic N) is 1. The number of carbonyl (C=O) groups excluding carboxylic acids is 2. The second-order valence-electron chi connectivity index (χ2n) is 5.77. The summed E-state index contributed by atoms with van der Waals surface area (Å²) in [4.78, 5) is 29.4. The van der Waals surface area contributed by atoms with E-state index < -0.39 is 0 Å². The van der Waals surface area contributed by atoms with Crippen molar-refractivity contribution in [2.45, 2.75) is 6.54 Å². The van der Waals surface area contributed by atoms with Crippen LogP contribution in [-0.2, 0) is 6.54 Å². The van der Waals surface area contributed by atoms with Gasteiger partial charge in [0.25, 0.3) is 11.8 Å². The molecule has 4 rings (SSSR count). The van der Waals surface area contributed by atoms with Gasteiger partial charge in [-0.05, 0) is 29.1 Å². The first-order chi connectivity index (χ1) is 13.2. The van der Waals surface area contributed by atoms with E-state index >= 15 is 0 Å². The maximum atomic E-state index is 12.5. The zero-order valence-corrected chi connectivity index (χ0v) is 15.8. The van der Waals surface area contributed by atoms with Crippen LogP contribution < -0.4 is 10.6 Å². The number of anilines is 1. The Bertz CT molecular complexity index is 1070. The Morgan fingerprint density at radius 2 is 1.70 bits per heavy atom. The number of amides is 2. The second-order valence-corrected chi connectivity index (χ2v) is 7.72. The van der Waals surface area contributed by atoms with Crippen LogP contribution in [-0.4, -0.2) is 16.8 Å². The molecule has 0 radical (unpaired) electrons. The topological polar surface area (TPSA) is 71.1 Å². The monoisotopic (exact) mass is 393 g/mol. The zero-order valence-electron chi connectivity index (χ0n) is 14.1. The molecule has 2 aromatic carbocycles. The number of thiazole rings is 1. The van der Waals surface area contributed by atoms with Gasteiger partial charge in [0.2, 0.25) is 0 Å². The molecule has 0 aliphatic heterocycles. The molecular formula is C20H15N3O2S2. The molecule has 27 heavy (non-hydrogen) atoms. The Labute approximate surface area is 163 Å². The van der Waals surface area contributed by atoms with E-state index in [0.29, 0.717) is 22.1 Å². The quantitative estimate of drug-likeness (QED) is 0.523. The Hall–Kier alpha value is -3.03. The predicted molar refractivity (Wildman–Crippen MR) is 110 cm³/mol. The van der Waals surface area contributed by atoms with Gasteiger partial charge >= 0.3 is 0 Å². The molecule has 0 bridgehead atoms. The number of hydrogen-bond acceptors (Lipinski definition) is 5. The highest BCUT2D eigenvalue weighted by Gasteiger charge is 2.18. The highest BCUT2D eigenvalue weighted by Crippen LogP contribution is 2.26. The lowest BCUT2D eigenvalue weighted by atomic mass is 10.2. The number of benzene rings is 2.